The predicted octanol–water partition coefficient (Wildman–Crippen LogP) is 2.93. The first kappa shape index (κ1) is 19.6. The van der Waals surface area contributed by atoms with E-state index < -0.39 is 4.92 Å². The first-order chi connectivity index (χ1) is 12.0. The zero-order chi connectivity index (χ0) is 18.7. The van der Waals surface area contributed by atoms with Gasteiger partial charge in [-0.25, -0.2) is 5.43 Å². The SMILES string of the molecule is CNNc1cccc([N+](=O)[O-])c1.COc1ccc(C(=O)CC#N)cc1. The van der Waals surface area contributed by atoms with Crippen LogP contribution in [0.5, 0.6) is 5.75 Å². The van der Waals surface area contributed by atoms with Crippen molar-refractivity contribution in [2.24, 2.45) is 0 Å². The van der Waals surface area contributed by atoms with Crippen LogP contribution in [-0.2, 0) is 0 Å². The summed E-state index contributed by atoms with van der Waals surface area (Å²) in [7, 11) is 3.25. The van der Waals surface area contributed by atoms with Crippen LogP contribution in [0.4, 0.5) is 11.4 Å². The van der Waals surface area contributed by atoms with Gasteiger partial charge in [0.05, 0.1) is 30.2 Å². The van der Waals surface area contributed by atoms with Crippen molar-refractivity contribution in [1.29, 1.82) is 5.26 Å². The number of hydrazine groups is 1. The summed E-state index contributed by atoms with van der Waals surface area (Å²) in [6.07, 6.45) is -0.0771. The van der Waals surface area contributed by atoms with Crippen LogP contribution < -0.4 is 15.6 Å². The van der Waals surface area contributed by atoms with Crippen LogP contribution in [0.25, 0.3) is 0 Å². The van der Waals surface area contributed by atoms with E-state index in [1.807, 2.05) is 6.07 Å². The summed E-state index contributed by atoms with van der Waals surface area (Å²) in [5.74, 6) is 0.540. The number of methoxy groups -OCH3 is 1. The third-order valence-electron chi connectivity index (χ3n) is 2.98. The van der Waals surface area contributed by atoms with E-state index in [0.717, 1.165) is 0 Å². The summed E-state index contributed by atoms with van der Waals surface area (Å²) in [6, 6.07) is 14.8. The van der Waals surface area contributed by atoms with Crippen molar-refractivity contribution in [2.45, 2.75) is 6.42 Å². The van der Waals surface area contributed by atoms with E-state index in [-0.39, 0.29) is 17.9 Å². The number of nitrogens with zero attached hydrogens (tertiary/aromatic N) is 2. The van der Waals surface area contributed by atoms with Crippen molar-refractivity contribution >= 4 is 17.2 Å². The minimum Gasteiger partial charge on any atom is -0.497 e. The first-order valence-electron chi connectivity index (χ1n) is 7.23. The highest BCUT2D eigenvalue weighted by atomic mass is 16.6. The van der Waals surface area contributed by atoms with Crippen molar-refractivity contribution in [1.82, 2.24) is 5.43 Å². The smallest absolute Gasteiger partial charge is 0.271 e. The maximum Gasteiger partial charge on any atom is 0.271 e. The van der Waals surface area contributed by atoms with Crippen LogP contribution in [0.1, 0.15) is 16.8 Å². The molecule has 2 N–H and O–H groups in total. The average molecular weight is 342 g/mol. The van der Waals surface area contributed by atoms with Gasteiger partial charge in [-0.1, -0.05) is 6.07 Å². The number of nitrogens with one attached hydrogen (secondary N) is 2. The quantitative estimate of drug-likeness (QED) is 0.471. The molecule has 2 rings (SSSR count). The molecule has 0 heterocycles. The van der Waals surface area contributed by atoms with Gasteiger partial charge in [-0.2, -0.15) is 5.26 Å². The van der Waals surface area contributed by atoms with Crippen LogP contribution in [0, 0.1) is 21.4 Å². The number of benzene rings is 2. The zero-order valence-corrected chi connectivity index (χ0v) is 13.9. The second-order valence-corrected chi connectivity index (χ2v) is 4.67. The van der Waals surface area contributed by atoms with Gasteiger partial charge < -0.3 is 10.2 Å². The minimum atomic E-state index is -0.430. The highest BCUT2D eigenvalue weighted by Gasteiger charge is 2.04. The van der Waals surface area contributed by atoms with Gasteiger partial charge in [-0.15, -0.1) is 0 Å². The zero-order valence-electron chi connectivity index (χ0n) is 13.9. The molecule has 0 amide bonds. The molecule has 0 saturated carbocycles. The van der Waals surface area contributed by atoms with Gasteiger partial charge in [0.1, 0.15) is 5.75 Å². The number of hydrogen-bond donors (Lipinski definition) is 2. The number of ketones is 1. The van der Waals surface area contributed by atoms with Crippen LogP contribution >= 0.6 is 0 Å². The summed E-state index contributed by atoms with van der Waals surface area (Å²) >= 11 is 0. The van der Waals surface area contributed by atoms with E-state index in [4.69, 9.17) is 10.00 Å². The lowest BCUT2D eigenvalue weighted by molar-refractivity contribution is -0.384. The van der Waals surface area contributed by atoms with Gasteiger partial charge in [0.25, 0.3) is 5.69 Å². The highest BCUT2D eigenvalue weighted by Crippen LogP contribution is 2.15. The Morgan fingerprint density at radius 2 is 1.96 bits per heavy atom. The summed E-state index contributed by atoms with van der Waals surface area (Å²) in [5.41, 5.74) is 6.72. The third-order valence-corrected chi connectivity index (χ3v) is 2.98. The number of nitro benzene ring substituents is 1. The molecule has 0 aliphatic heterocycles. The van der Waals surface area contributed by atoms with Crippen molar-refractivity contribution in [2.75, 3.05) is 19.6 Å². The fourth-order valence-corrected chi connectivity index (χ4v) is 1.79. The molecule has 8 heteroatoms. The number of non-ortho nitro benzene ring substituents is 1. The number of hydrogen-bond acceptors (Lipinski definition) is 7. The van der Waals surface area contributed by atoms with E-state index >= 15 is 0 Å². The van der Waals surface area contributed by atoms with Gasteiger partial charge in [0.2, 0.25) is 0 Å². The molecular formula is C17H18N4O4. The minimum absolute atomic E-state index is 0.0771. The van der Waals surface area contributed by atoms with Crippen molar-refractivity contribution in [3.63, 3.8) is 0 Å². The monoisotopic (exact) mass is 342 g/mol. The van der Waals surface area contributed by atoms with Crippen molar-refractivity contribution in [3.05, 3.63) is 64.2 Å². The van der Waals surface area contributed by atoms with Crippen molar-refractivity contribution in [3.8, 4) is 11.8 Å². The Kier molecular flexibility index (Phi) is 8.12. The molecule has 0 bridgehead atoms. The van der Waals surface area contributed by atoms with E-state index in [1.165, 1.54) is 12.1 Å². The van der Waals surface area contributed by atoms with Gasteiger partial charge in [-0.05, 0) is 30.3 Å². The standard InChI is InChI=1S/C10H9NO2.C7H9N3O2/c1-13-9-4-2-8(3-5-9)10(12)6-7-11;1-8-9-6-3-2-4-7(5-6)10(11)12/h2-5H,6H2,1H3;2-5,8-9H,1H3. The lowest BCUT2D eigenvalue weighted by Gasteiger charge is -2.01. The molecule has 25 heavy (non-hydrogen) atoms. The maximum atomic E-state index is 11.2. The molecule has 2 aromatic carbocycles. The van der Waals surface area contributed by atoms with E-state index in [1.54, 1.807) is 50.6 Å². The Morgan fingerprint density at radius 3 is 2.48 bits per heavy atom. The molecular weight excluding hydrogens is 324 g/mol. The number of carbonyl (C=O) groups is 1. The molecule has 2 aromatic rings. The lowest BCUT2D eigenvalue weighted by atomic mass is 10.1. The number of carbonyl (C=O) groups excluding carboxylic acids is 1. The van der Waals surface area contributed by atoms with Crippen molar-refractivity contribution < 1.29 is 14.5 Å². The molecule has 0 saturated heterocycles. The summed E-state index contributed by atoms with van der Waals surface area (Å²) < 4.78 is 4.93. The molecule has 0 aliphatic carbocycles. The molecule has 0 fully saturated rings. The molecule has 0 atom stereocenters. The normalized spacial score (nSPS) is 9.16. The lowest BCUT2D eigenvalue weighted by Crippen LogP contribution is -2.14. The molecule has 8 nitrogen and oxygen atoms in total. The second kappa shape index (κ2) is 10.4. The van der Waals surface area contributed by atoms with Gasteiger partial charge in [0.15, 0.2) is 5.78 Å². The van der Waals surface area contributed by atoms with Crippen LogP contribution in [-0.4, -0.2) is 24.9 Å². The van der Waals surface area contributed by atoms with E-state index in [9.17, 15) is 14.9 Å². The number of ether oxygens (including phenoxy) is 1. The number of nitriles is 1. The largest absolute Gasteiger partial charge is 0.497 e. The molecule has 130 valence electrons. The first-order valence-corrected chi connectivity index (χ1v) is 7.23. The second-order valence-electron chi connectivity index (χ2n) is 4.67. The Hall–Kier alpha value is -3.44. The van der Waals surface area contributed by atoms with Gasteiger partial charge >= 0.3 is 0 Å². The number of rotatable bonds is 6. The van der Waals surface area contributed by atoms with Crippen LogP contribution in [0.15, 0.2) is 48.5 Å². The van der Waals surface area contributed by atoms with Gasteiger partial charge in [0, 0.05) is 24.7 Å². The predicted molar refractivity (Wildman–Crippen MR) is 93.3 cm³/mol. The third kappa shape index (κ3) is 6.68. The molecule has 0 radical (unpaired) electrons. The Bertz CT molecular complexity index is 754. The van der Waals surface area contributed by atoms with Crippen LogP contribution in [0.2, 0.25) is 0 Å². The highest BCUT2D eigenvalue weighted by molar-refractivity contribution is 5.97. The molecule has 0 aromatic heterocycles. The van der Waals surface area contributed by atoms with Crippen LogP contribution in [0.3, 0.4) is 0 Å². The number of nitro groups is 1. The van der Waals surface area contributed by atoms with Gasteiger partial charge in [-0.3, -0.25) is 14.9 Å². The van der Waals surface area contributed by atoms with E-state index in [2.05, 4.69) is 10.9 Å². The fourth-order valence-electron chi connectivity index (χ4n) is 1.79. The summed E-state index contributed by atoms with van der Waals surface area (Å²) in [4.78, 5) is 21.1. The Balaban J connectivity index is 0.000000251. The molecule has 0 spiro atoms. The van der Waals surface area contributed by atoms with E-state index in [0.29, 0.717) is 17.0 Å². The average Bonchev–Trinajstić information content (AvgIpc) is 2.63. The Morgan fingerprint density at radius 1 is 1.28 bits per heavy atom. The topological polar surface area (TPSA) is 117 Å². The molecule has 0 aliphatic rings. The number of Topliss-reactive ketones (excluding diaryl/α,β-unsaturated/α-hetero) is 1. The molecule has 0 unspecified atom stereocenters. The fraction of sp³-hybridized carbons (Fsp3) is 0.176. The number of anilines is 1. The maximum absolute atomic E-state index is 11.2. The Labute approximate surface area is 145 Å². The summed E-state index contributed by atoms with van der Waals surface area (Å²) in [6.45, 7) is 0. The summed E-state index contributed by atoms with van der Waals surface area (Å²) in [5, 5.41) is 18.6.